The maximum atomic E-state index is 4.17. The smallest absolute Gasteiger partial charge is 0.191 e. The first-order valence-electron chi connectivity index (χ1n) is 6.11. The molecular formula is C12H26IN5. The number of halogens is 1. The van der Waals surface area contributed by atoms with Crippen molar-refractivity contribution < 1.29 is 0 Å². The minimum absolute atomic E-state index is 0. The fourth-order valence-electron chi connectivity index (χ4n) is 1.93. The fraction of sp³-hybridized carbons (Fsp3) is 0.750. The van der Waals surface area contributed by atoms with Gasteiger partial charge in [0, 0.05) is 45.8 Å². The highest BCUT2D eigenvalue weighted by molar-refractivity contribution is 14.0. The molecule has 0 aromatic rings. The van der Waals surface area contributed by atoms with Crippen molar-refractivity contribution >= 4 is 29.9 Å². The molecule has 0 aromatic heterocycles. The molecule has 1 saturated heterocycles. The Bertz CT molecular complexity index is 269. The van der Waals surface area contributed by atoms with Gasteiger partial charge in [-0.25, -0.2) is 0 Å². The Kier molecular flexibility index (Phi) is 9.39. The summed E-state index contributed by atoms with van der Waals surface area (Å²) >= 11 is 0. The zero-order valence-electron chi connectivity index (χ0n) is 11.6. The minimum Gasteiger partial charge on any atom is -0.355 e. The maximum absolute atomic E-state index is 4.17. The number of nitrogens with one attached hydrogen (secondary N) is 2. The van der Waals surface area contributed by atoms with Crippen LogP contribution in [0.5, 0.6) is 0 Å². The van der Waals surface area contributed by atoms with Crippen LogP contribution in [0.2, 0.25) is 0 Å². The lowest BCUT2D eigenvalue weighted by Gasteiger charge is -2.37. The maximum Gasteiger partial charge on any atom is 0.191 e. The molecule has 0 amide bonds. The van der Waals surface area contributed by atoms with Gasteiger partial charge in [-0.2, -0.15) is 0 Å². The summed E-state index contributed by atoms with van der Waals surface area (Å²) in [5.41, 5.74) is 0. The summed E-state index contributed by atoms with van der Waals surface area (Å²) in [7, 11) is 6.14. The van der Waals surface area contributed by atoms with E-state index in [0.717, 1.165) is 38.7 Å². The molecule has 6 heteroatoms. The predicted molar refractivity (Wildman–Crippen MR) is 88.9 cm³/mol. The molecule has 1 heterocycles. The van der Waals surface area contributed by atoms with Gasteiger partial charge in [0.1, 0.15) is 0 Å². The van der Waals surface area contributed by atoms with E-state index in [9.17, 15) is 0 Å². The van der Waals surface area contributed by atoms with E-state index in [1.165, 1.54) is 0 Å². The molecule has 0 radical (unpaired) electrons. The van der Waals surface area contributed by atoms with E-state index in [1.807, 2.05) is 6.08 Å². The first-order valence-corrected chi connectivity index (χ1v) is 6.11. The predicted octanol–water partition coefficient (Wildman–Crippen LogP) is 0.201. The quantitative estimate of drug-likeness (QED) is 0.323. The molecule has 1 fully saturated rings. The fourth-order valence-corrected chi connectivity index (χ4v) is 1.93. The summed E-state index contributed by atoms with van der Waals surface area (Å²) in [6.45, 7) is 8.70. The molecule has 1 aliphatic rings. The van der Waals surface area contributed by atoms with Gasteiger partial charge in [0.25, 0.3) is 0 Å². The van der Waals surface area contributed by atoms with Crippen molar-refractivity contribution in [1.82, 2.24) is 20.4 Å². The molecule has 18 heavy (non-hydrogen) atoms. The van der Waals surface area contributed by atoms with E-state index in [-0.39, 0.29) is 24.0 Å². The van der Waals surface area contributed by atoms with Crippen LogP contribution in [0, 0.1) is 0 Å². The number of hydrogen-bond donors (Lipinski definition) is 2. The van der Waals surface area contributed by atoms with Crippen LogP contribution in [0.4, 0.5) is 0 Å². The largest absolute Gasteiger partial charge is 0.355 e. The summed E-state index contributed by atoms with van der Waals surface area (Å²) in [6, 6.07) is 0.538. The SMILES string of the molecule is C=CCNC(=NC)NCC1CN(C)CCN1C.I. The highest BCUT2D eigenvalue weighted by Gasteiger charge is 2.21. The van der Waals surface area contributed by atoms with Crippen molar-refractivity contribution in [2.45, 2.75) is 6.04 Å². The van der Waals surface area contributed by atoms with Crippen LogP contribution in [0.25, 0.3) is 0 Å². The molecule has 1 aliphatic heterocycles. The van der Waals surface area contributed by atoms with E-state index >= 15 is 0 Å². The highest BCUT2D eigenvalue weighted by atomic mass is 127. The van der Waals surface area contributed by atoms with Gasteiger partial charge in [-0.05, 0) is 14.1 Å². The second-order valence-electron chi connectivity index (χ2n) is 4.52. The first kappa shape index (κ1) is 17.7. The van der Waals surface area contributed by atoms with Gasteiger partial charge in [0.2, 0.25) is 0 Å². The standard InChI is InChI=1S/C12H25N5.HI/c1-5-6-14-12(13-2)15-9-11-10-16(3)7-8-17(11)4;/h5,11H,1,6-10H2,2-4H3,(H2,13,14,15);1H. The molecule has 1 unspecified atom stereocenters. The van der Waals surface area contributed by atoms with Crippen molar-refractivity contribution in [1.29, 1.82) is 0 Å². The zero-order chi connectivity index (χ0) is 12.7. The van der Waals surface area contributed by atoms with E-state index in [2.05, 4.69) is 46.1 Å². The third kappa shape index (κ3) is 6.01. The average molecular weight is 367 g/mol. The summed E-state index contributed by atoms with van der Waals surface area (Å²) < 4.78 is 0. The first-order chi connectivity index (χ1) is 8.17. The second-order valence-corrected chi connectivity index (χ2v) is 4.52. The van der Waals surface area contributed by atoms with Crippen LogP contribution in [0.3, 0.4) is 0 Å². The van der Waals surface area contributed by atoms with Gasteiger partial charge in [0.05, 0.1) is 0 Å². The molecule has 106 valence electrons. The van der Waals surface area contributed by atoms with Gasteiger partial charge < -0.3 is 15.5 Å². The number of rotatable bonds is 4. The van der Waals surface area contributed by atoms with Gasteiger partial charge >= 0.3 is 0 Å². The van der Waals surface area contributed by atoms with E-state index in [1.54, 1.807) is 7.05 Å². The summed E-state index contributed by atoms with van der Waals surface area (Å²) in [4.78, 5) is 8.93. The van der Waals surface area contributed by atoms with Crippen LogP contribution >= 0.6 is 24.0 Å². The Morgan fingerprint density at radius 1 is 1.39 bits per heavy atom. The van der Waals surface area contributed by atoms with Crippen LogP contribution in [0.1, 0.15) is 0 Å². The third-order valence-corrected chi connectivity index (χ3v) is 3.12. The van der Waals surface area contributed by atoms with Gasteiger partial charge in [-0.15, -0.1) is 30.6 Å². The Labute approximate surface area is 128 Å². The number of hydrogen-bond acceptors (Lipinski definition) is 3. The van der Waals surface area contributed by atoms with Crippen LogP contribution in [0.15, 0.2) is 17.6 Å². The number of aliphatic imine (C=N–C) groups is 1. The molecule has 2 N–H and O–H groups in total. The summed E-state index contributed by atoms with van der Waals surface area (Å²) in [5.74, 6) is 0.839. The van der Waals surface area contributed by atoms with Crippen molar-refractivity contribution in [2.75, 3.05) is 53.9 Å². The van der Waals surface area contributed by atoms with E-state index in [4.69, 9.17) is 0 Å². The van der Waals surface area contributed by atoms with Crippen molar-refractivity contribution in [3.63, 3.8) is 0 Å². The number of guanidine groups is 1. The van der Waals surface area contributed by atoms with Gasteiger partial charge in [0.15, 0.2) is 5.96 Å². The summed E-state index contributed by atoms with van der Waals surface area (Å²) in [6.07, 6.45) is 1.83. The van der Waals surface area contributed by atoms with Crippen molar-refractivity contribution in [3.05, 3.63) is 12.7 Å². The molecule has 0 spiro atoms. The molecular weight excluding hydrogens is 341 g/mol. The lowest BCUT2D eigenvalue weighted by Crippen LogP contribution is -2.55. The zero-order valence-corrected chi connectivity index (χ0v) is 14.0. The monoisotopic (exact) mass is 367 g/mol. The third-order valence-electron chi connectivity index (χ3n) is 3.12. The molecule has 1 atom stereocenters. The Morgan fingerprint density at radius 3 is 2.72 bits per heavy atom. The van der Waals surface area contributed by atoms with E-state index < -0.39 is 0 Å². The van der Waals surface area contributed by atoms with Gasteiger partial charge in [-0.1, -0.05) is 6.08 Å². The molecule has 0 bridgehead atoms. The van der Waals surface area contributed by atoms with Crippen molar-refractivity contribution in [3.8, 4) is 0 Å². The normalized spacial score (nSPS) is 22.2. The lowest BCUT2D eigenvalue weighted by atomic mass is 10.2. The Hall–Kier alpha value is -0.340. The van der Waals surface area contributed by atoms with Crippen LogP contribution in [-0.2, 0) is 0 Å². The van der Waals surface area contributed by atoms with Gasteiger partial charge in [-0.3, -0.25) is 9.89 Å². The summed E-state index contributed by atoms with van der Waals surface area (Å²) in [5, 5.41) is 6.52. The second kappa shape index (κ2) is 9.57. The minimum atomic E-state index is 0. The molecule has 0 aliphatic carbocycles. The molecule has 1 rings (SSSR count). The highest BCUT2D eigenvalue weighted by Crippen LogP contribution is 2.04. The number of likely N-dealkylation sites (N-methyl/N-ethyl adjacent to an activating group) is 2. The molecule has 5 nitrogen and oxygen atoms in total. The van der Waals surface area contributed by atoms with Crippen LogP contribution < -0.4 is 10.6 Å². The number of nitrogens with zero attached hydrogens (tertiary/aromatic N) is 3. The van der Waals surface area contributed by atoms with Crippen molar-refractivity contribution in [2.24, 2.45) is 4.99 Å². The average Bonchev–Trinajstić information content (AvgIpc) is 2.33. The molecule has 0 saturated carbocycles. The lowest BCUT2D eigenvalue weighted by molar-refractivity contribution is 0.116. The Morgan fingerprint density at radius 2 is 2.11 bits per heavy atom. The Balaban J connectivity index is 0.00000289. The topological polar surface area (TPSA) is 42.9 Å². The van der Waals surface area contributed by atoms with E-state index in [0.29, 0.717) is 6.04 Å². The van der Waals surface area contributed by atoms with Crippen LogP contribution in [-0.4, -0.2) is 75.7 Å². The number of piperazine rings is 1. The molecule has 0 aromatic carbocycles.